The lowest BCUT2D eigenvalue weighted by atomic mass is 9.85. The van der Waals surface area contributed by atoms with Crippen LogP contribution in [0.2, 0.25) is 0 Å². The van der Waals surface area contributed by atoms with Gasteiger partial charge in [0, 0.05) is 0 Å². The Morgan fingerprint density at radius 1 is 0.630 bits per heavy atom. The highest BCUT2D eigenvalue weighted by atomic mass is 19.1. The highest BCUT2D eigenvalue weighted by Gasteiger charge is 2.18. The van der Waals surface area contributed by atoms with Crippen molar-refractivity contribution in [3.05, 3.63) is 70.5 Å². The second kappa shape index (κ2) is 9.04. The molecular formula is C26H39F. The van der Waals surface area contributed by atoms with E-state index < -0.39 is 0 Å². The average molecular weight is 371 g/mol. The Labute approximate surface area is 167 Å². The van der Waals surface area contributed by atoms with Gasteiger partial charge in [0.2, 0.25) is 0 Å². The fourth-order valence-electron chi connectivity index (χ4n) is 2.87. The summed E-state index contributed by atoms with van der Waals surface area (Å²) in [6.45, 7) is 21.4. The lowest BCUT2D eigenvalue weighted by molar-refractivity contribution is 0.521. The van der Waals surface area contributed by atoms with Crippen LogP contribution in [0.15, 0.2) is 42.5 Å². The molecule has 0 heterocycles. The van der Waals surface area contributed by atoms with Crippen LogP contribution >= 0.6 is 0 Å². The maximum Gasteiger partial charge on any atom is 0.127 e. The molecule has 0 amide bonds. The molecule has 2 aromatic carbocycles. The normalized spacial score (nSPS) is 12.2. The van der Waals surface area contributed by atoms with E-state index in [1.807, 2.05) is 32.9 Å². The minimum Gasteiger partial charge on any atom is -0.207 e. The lowest BCUT2D eigenvalue weighted by Crippen LogP contribution is -2.13. The first kappa shape index (κ1) is 23.4. The molecule has 2 aromatic rings. The van der Waals surface area contributed by atoms with Crippen LogP contribution in [0, 0.1) is 5.82 Å². The predicted octanol–water partition coefficient (Wildman–Crippen LogP) is 8.35. The minimum atomic E-state index is -0.112. The van der Waals surface area contributed by atoms with Crippen LogP contribution in [0.3, 0.4) is 0 Å². The summed E-state index contributed by atoms with van der Waals surface area (Å²) in [5.41, 5.74) is 4.86. The first-order valence-corrected chi connectivity index (χ1v) is 10.1. The smallest absolute Gasteiger partial charge is 0.127 e. The molecule has 0 atom stereocenters. The fourth-order valence-corrected chi connectivity index (χ4v) is 2.87. The van der Waals surface area contributed by atoms with Crippen molar-refractivity contribution in [2.45, 2.75) is 91.9 Å². The van der Waals surface area contributed by atoms with E-state index in [2.05, 4.69) is 72.7 Å². The average Bonchev–Trinajstić information content (AvgIpc) is 2.53. The standard InChI is InChI=1S/C13H19F.C13H20/c1-9(2)10-6-7-11(12(14)8-10)13(3,4)5;1-10(2)11-6-8-12(9-7-11)13(3,4)5/h6-9H,1-5H3;6-10H,1-5H3. The van der Waals surface area contributed by atoms with Gasteiger partial charge in [-0.1, -0.05) is 106 Å². The van der Waals surface area contributed by atoms with Gasteiger partial charge in [0.1, 0.15) is 5.82 Å². The molecule has 2 rings (SSSR count). The van der Waals surface area contributed by atoms with Gasteiger partial charge < -0.3 is 0 Å². The van der Waals surface area contributed by atoms with Crippen LogP contribution in [0.25, 0.3) is 0 Å². The molecule has 0 saturated carbocycles. The summed E-state index contributed by atoms with van der Waals surface area (Å²) in [5, 5.41) is 0. The molecular weight excluding hydrogens is 331 g/mol. The molecule has 0 aliphatic rings. The Kier molecular flexibility index (Phi) is 7.84. The molecule has 27 heavy (non-hydrogen) atoms. The maximum absolute atomic E-state index is 13.7. The third-order valence-electron chi connectivity index (χ3n) is 4.91. The summed E-state index contributed by atoms with van der Waals surface area (Å²) in [4.78, 5) is 0. The third kappa shape index (κ3) is 7.13. The lowest BCUT2D eigenvalue weighted by Gasteiger charge is -2.20. The van der Waals surface area contributed by atoms with E-state index in [9.17, 15) is 4.39 Å². The molecule has 0 radical (unpaired) electrons. The van der Waals surface area contributed by atoms with Gasteiger partial charge in [0.15, 0.2) is 0 Å². The first-order chi connectivity index (χ1) is 12.2. The van der Waals surface area contributed by atoms with E-state index in [-0.39, 0.29) is 16.6 Å². The molecule has 0 fully saturated rings. The second-order valence-corrected chi connectivity index (χ2v) is 10.2. The van der Waals surface area contributed by atoms with Crippen LogP contribution in [-0.2, 0) is 10.8 Å². The molecule has 0 spiro atoms. The largest absolute Gasteiger partial charge is 0.207 e. The zero-order valence-corrected chi connectivity index (χ0v) is 19.1. The minimum absolute atomic E-state index is 0.0799. The van der Waals surface area contributed by atoms with Crippen molar-refractivity contribution >= 4 is 0 Å². The molecule has 150 valence electrons. The Bertz CT molecular complexity index is 707. The number of rotatable bonds is 2. The van der Waals surface area contributed by atoms with Crippen molar-refractivity contribution in [1.29, 1.82) is 0 Å². The van der Waals surface area contributed by atoms with Crippen LogP contribution in [0.1, 0.15) is 103 Å². The molecule has 0 aliphatic carbocycles. The zero-order chi connectivity index (χ0) is 21.0. The van der Waals surface area contributed by atoms with Gasteiger partial charge in [-0.15, -0.1) is 0 Å². The van der Waals surface area contributed by atoms with Gasteiger partial charge in [-0.3, -0.25) is 0 Å². The van der Waals surface area contributed by atoms with Crippen molar-refractivity contribution in [1.82, 2.24) is 0 Å². The maximum atomic E-state index is 13.7. The highest BCUT2D eigenvalue weighted by Crippen LogP contribution is 2.27. The Hall–Kier alpha value is -1.63. The van der Waals surface area contributed by atoms with Gasteiger partial charge in [0.25, 0.3) is 0 Å². The molecule has 0 saturated heterocycles. The van der Waals surface area contributed by atoms with E-state index >= 15 is 0 Å². The first-order valence-electron chi connectivity index (χ1n) is 10.1. The quantitative estimate of drug-likeness (QED) is 0.498. The molecule has 0 N–H and O–H groups in total. The number of hydrogen-bond donors (Lipinski definition) is 0. The van der Waals surface area contributed by atoms with Crippen molar-refractivity contribution in [2.24, 2.45) is 0 Å². The van der Waals surface area contributed by atoms with Gasteiger partial charge in [-0.25, -0.2) is 4.39 Å². The van der Waals surface area contributed by atoms with Crippen LogP contribution < -0.4 is 0 Å². The number of halogens is 1. The molecule has 0 bridgehead atoms. The Balaban J connectivity index is 0.000000271. The van der Waals surface area contributed by atoms with E-state index in [0.717, 1.165) is 11.1 Å². The predicted molar refractivity (Wildman–Crippen MR) is 118 cm³/mol. The van der Waals surface area contributed by atoms with Crippen molar-refractivity contribution in [3.8, 4) is 0 Å². The van der Waals surface area contributed by atoms with Crippen LogP contribution in [0.4, 0.5) is 4.39 Å². The van der Waals surface area contributed by atoms with Gasteiger partial charge >= 0.3 is 0 Å². The van der Waals surface area contributed by atoms with Crippen molar-refractivity contribution < 1.29 is 4.39 Å². The molecule has 0 aromatic heterocycles. The summed E-state index contributed by atoms with van der Waals surface area (Å²) in [6, 6.07) is 14.6. The molecule has 0 aliphatic heterocycles. The molecule has 1 heteroatoms. The van der Waals surface area contributed by atoms with Crippen molar-refractivity contribution in [2.75, 3.05) is 0 Å². The van der Waals surface area contributed by atoms with Crippen LogP contribution in [0.5, 0.6) is 0 Å². The topological polar surface area (TPSA) is 0 Å². The van der Waals surface area contributed by atoms with E-state index in [1.165, 1.54) is 11.1 Å². The summed E-state index contributed by atoms with van der Waals surface area (Å²) in [6.07, 6.45) is 0. The summed E-state index contributed by atoms with van der Waals surface area (Å²) in [5.74, 6) is 0.941. The second-order valence-electron chi connectivity index (χ2n) is 10.2. The zero-order valence-electron chi connectivity index (χ0n) is 19.1. The highest BCUT2D eigenvalue weighted by molar-refractivity contribution is 5.31. The Morgan fingerprint density at radius 3 is 1.41 bits per heavy atom. The fraction of sp³-hybridized carbons (Fsp3) is 0.538. The SMILES string of the molecule is CC(C)c1ccc(C(C)(C)C)c(F)c1.CC(C)c1ccc(C(C)(C)C)cc1. The summed E-state index contributed by atoms with van der Waals surface area (Å²) >= 11 is 0. The van der Waals surface area contributed by atoms with E-state index in [1.54, 1.807) is 6.07 Å². The van der Waals surface area contributed by atoms with Gasteiger partial charge in [-0.05, 0) is 51.0 Å². The van der Waals surface area contributed by atoms with Crippen molar-refractivity contribution in [3.63, 3.8) is 0 Å². The summed E-state index contributed by atoms with van der Waals surface area (Å²) in [7, 11) is 0. The number of benzene rings is 2. The van der Waals surface area contributed by atoms with Crippen LogP contribution in [-0.4, -0.2) is 0 Å². The monoisotopic (exact) mass is 370 g/mol. The number of hydrogen-bond acceptors (Lipinski definition) is 0. The summed E-state index contributed by atoms with van der Waals surface area (Å²) < 4.78 is 13.7. The van der Waals surface area contributed by atoms with E-state index in [4.69, 9.17) is 0 Å². The van der Waals surface area contributed by atoms with Gasteiger partial charge in [-0.2, -0.15) is 0 Å². The molecule has 0 nitrogen and oxygen atoms in total. The third-order valence-corrected chi connectivity index (χ3v) is 4.91. The van der Waals surface area contributed by atoms with Gasteiger partial charge in [0.05, 0.1) is 0 Å². The Morgan fingerprint density at radius 2 is 1.07 bits per heavy atom. The molecule has 0 unspecified atom stereocenters. The van der Waals surface area contributed by atoms with E-state index in [0.29, 0.717) is 11.8 Å².